The molecule has 2 aromatic rings. The van der Waals surface area contributed by atoms with E-state index in [1.165, 1.54) is 6.07 Å². The SMILES string of the molecule is Cn1[nH]c(=O)c2c1NC1=C(C(=O)CC1)C2c1ccc(F)c(I)c1. The number of anilines is 1. The van der Waals surface area contributed by atoms with Gasteiger partial charge >= 0.3 is 0 Å². The van der Waals surface area contributed by atoms with Crippen molar-refractivity contribution >= 4 is 34.2 Å². The van der Waals surface area contributed by atoms with Gasteiger partial charge in [-0.1, -0.05) is 6.07 Å². The van der Waals surface area contributed by atoms with Crippen LogP contribution in [0.2, 0.25) is 0 Å². The van der Waals surface area contributed by atoms with E-state index in [0.717, 1.165) is 11.3 Å². The Bertz CT molecular complexity index is 941. The van der Waals surface area contributed by atoms with Gasteiger partial charge < -0.3 is 5.32 Å². The lowest BCUT2D eigenvalue weighted by Crippen LogP contribution is -2.23. The number of aromatic amines is 1. The summed E-state index contributed by atoms with van der Waals surface area (Å²) >= 11 is 1.92. The molecule has 2 N–H and O–H groups in total. The van der Waals surface area contributed by atoms with E-state index in [-0.39, 0.29) is 17.2 Å². The molecular weight excluding hydrogens is 412 g/mol. The second-order valence-corrected chi connectivity index (χ2v) is 6.97. The molecule has 2 heterocycles. The summed E-state index contributed by atoms with van der Waals surface area (Å²) in [6.45, 7) is 0. The van der Waals surface area contributed by atoms with Gasteiger partial charge in [-0.05, 0) is 46.7 Å². The molecule has 0 radical (unpaired) electrons. The van der Waals surface area contributed by atoms with Gasteiger partial charge in [0.25, 0.3) is 5.56 Å². The number of carbonyl (C=O) groups excluding carboxylic acids is 1. The Labute approximate surface area is 144 Å². The molecule has 1 aromatic heterocycles. The number of nitrogens with zero attached hydrogens (tertiary/aromatic N) is 1. The summed E-state index contributed by atoms with van der Waals surface area (Å²) < 4.78 is 15.7. The molecule has 1 unspecified atom stereocenters. The lowest BCUT2D eigenvalue weighted by atomic mass is 9.82. The topological polar surface area (TPSA) is 66.9 Å². The highest BCUT2D eigenvalue weighted by atomic mass is 127. The smallest absolute Gasteiger partial charge is 0.270 e. The van der Waals surface area contributed by atoms with Crippen LogP contribution in [0.5, 0.6) is 0 Å². The molecule has 0 fully saturated rings. The Balaban J connectivity index is 2.00. The van der Waals surface area contributed by atoms with E-state index >= 15 is 0 Å². The largest absolute Gasteiger partial charge is 0.343 e. The van der Waals surface area contributed by atoms with Crippen LogP contribution in [0.4, 0.5) is 10.2 Å². The van der Waals surface area contributed by atoms with Crippen molar-refractivity contribution in [3.63, 3.8) is 0 Å². The second kappa shape index (κ2) is 5.05. The zero-order valence-electron chi connectivity index (χ0n) is 12.2. The van der Waals surface area contributed by atoms with Crippen molar-refractivity contribution in [2.24, 2.45) is 7.05 Å². The molecule has 0 bridgehead atoms. The van der Waals surface area contributed by atoms with E-state index in [2.05, 4.69) is 10.4 Å². The number of rotatable bonds is 1. The maximum Gasteiger partial charge on any atom is 0.270 e. The first-order valence-corrected chi connectivity index (χ1v) is 8.32. The third kappa shape index (κ3) is 2.09. The molecule has 0 spiro atoms. The number of aryl methyl sites for hydroxylation is 1. The molecule has 1 aliphatic carbocycles. The van der Waals surface area contributed by atoms with Crippen molar-refractivity contribution in [2.45, 2.75) is 18.8 Å². The van der Waals surface area contributed by atoms with Crippen LogP contribution in [-0.4, -0.2) is 15.6 Å². The predicted molar refractivity (Wildman–Crippen MR) is 91.9 cm³/mol. The highest BCUT2D eigenvalue weighted by molar-refractivity contribution is 14.1. The summed E-state index contributed by atoms with van der Waals surface area (Å²) in [5.74, 6) is -0.0359. The average Bonchev–Trinajstić information content (AvgIpc) is 3.02. The Hall–Kier alpha value is -1.90. The number of benzene rings is 1. The molecule has 0 saturated heterocycles. The zero-order valence-corrected chi connectivity index (χ0v) is 14.4. The average molecular weight is 425 g/mol. The third-order valence-electron chi connectivity index (χ3n) is 4.46. The number of H-pyrrole nitrogens is 1. The van der Waals surface area contributed by atoms with Gasteiger partial charge in [-0.3, -0.25) is 19.4 Å². The maximum atomic E-state index is 13.6. The van der Waals surface area contributed by atoms with Crippen LogP contribution in [0.1, 0.15) is 29.9 Å². The number of nitrogens with one attached hydrogen (secondary N) is 2. The minimum absolute atomic E-state index is 0.0470. The molecule has 1 aliphatic heterocycles. The minimum atomic E-state index is -0.449. The van der Waals surface area contributed by atoms with Gasteiger partial charge in [0.15, 0.2) is 5.78 Å². The van der Waals surface area contributed by atoms with Crippen molar-refractivity contribution < 1.29 is 9.18 Å². The molecule has 4 rings (SSSR count). The molecule has 5 nitrogen and oxygen atoms in total. The van der Waals surface area contributed by atoms with Gasteiger partial charge in [-0.25, -0.2) is 4.39 Å². The summed E-state index contributed by atoms with van der Waals surface area (Å²) in [5, 5.41) is 5.95. The number of fused-ring (bicyclic) bond motifs is 1. The van der Waals surface area contributed by atoms with Crippen LogP contribution < -0.4 is 10.9 Å². The number of aromatic nitrogens is 2. The Morgan fingerprint density at radius 3 is 2.83 bits per heavy atom. The third-order valence-corrected chi connectivity index (χ3v) is 5.28. The monoisotopic (exact) mass is 425 g/mol. The first-order valence-electron chi connectivity index (χ1n) is 7.24. The van der Waals surface area contributed by atoms with Gasteiger partial charge in [0.2, 0.25) is 0 Å². The zero-order chi connectivity index (χ0) is 16.3. The fourth-order valence-corrected chi connectivity index (χ4v) is 3.97. The lowest BCUT2D eigenvalue weighted by Gasteiger charge is -2.26. The van der Waals surface area contributed by atoms with E-state index in [1.807, 2.05) is 22.6 Å². The quantitative estimate of drug-likeness (QED) is 0.691. The van der Waals surface area contributed by atoms with Crippen LogP contribution in [-0.2, 0) is 11.8 Å². The van der Waals surface area contributed by atoms with Gasteiger partial charge in [-0.15, -0.1) is 0 Å². The van der Waals surface area contributed by atoms with Crippen molar-refractivity contribution in [3.05, 3.63) is 60.3 Å². The number of carbonyl (C=O) groups is 1. The van der Waals surface area contributed by atoms with E-state index < -0.39 is 5.92 Å². The van der Waals surface area contributed by atoms with E-state index in [1.54, 1.807) is 23.9 Å². The van der Waals surface area contributed by atoms with Crippen molar-refractivity contribution in [3.8, 4) is 0 Å². The highest BCUT2D eigenvalue weighted by Crippen LogP contribution is 2.44. The molecule has 23 heavy (non-hydrogen) atoms. The number of allylic oxidation sites excluding steroid dienone is 2. The molecule has 1 aromatic carbocycles. The number of hydrogen-bond acceptors (Lipinski definition) is 3. The van der Waals surface area contributed by atoms with Crippen LogP contribution in [0.3, 0.4) is 0 Å². The Morgan fingerprint density at radius 2 is 2.09 bits per heavy atom. The highest BCUT2D eigenvalue weighted by Gasteiger charge is 2.39. The standard InChI is InChI=1S/C16H13FIN3O2/c1-21-15-14(16(23)20-21)12(7-2-3-8(17)9(18)6-7)13-10(19-15)4-5-11(13)22/h2-3,6,12,19H,4-5H2,1H3,(H,20,23). The van der Waals surface area contributed by atoms with Gasteiger partial charge in [0, 0.05) is 34.2 Å². The van der Waals surface area contributed by atoms with Crippen molar-refractivity contribution in [1.29, 1.82) is 0 Å². The van der Waals surface area contributed by atoms with Crippen LogP contribution in [0.15, 0.2) is 34.3 Å². The number of halogens is 2. The summed E-state index contributed by atoms with van der Waals surface area (Å²) in [6, 6.07) is 4.74. The van der Waals surface area contributed by atoms with Gasteiger partial charge in [-0.2, -0.15) is 0 Å². The fraction of sp³-hybridized carbons (Fsp3) is 0.250. The Morgan fingerprint density at radius 1 is 1.30 bits per heavy atom. The first-order chi connectivity index (χ1) is 11.0. The van der Waals surface area contributed by atoms with Crippen LogP contribution in [0, 0.1) is 9.39 Å². The normalized spacial score (nSPS) is 19.6. The molecular formula is C16H13FIN3O2. The number of ketones is 1. The molecule has 0 amide bonds. The van der Waals surface area contributed by atoms with E-state index in [4.69, 9.17) is 0 Å². The van der Waals surface area contributed by atoms with E-state index in [9.17, 15) is 14.0 Å². The van der Waals surface area contributed by atoms with Crippen LogP contribution >= 0.6 is 22.6 Å². The summed E-state index contributed by atoms with van der Waals surface area (Å²) in [5.41, 5.74) is 2.55. The van der Waals surface area contributed by atoms with Gasteiger partial charge in [0.1, 0.15) is 11.6 Å². The summed E-state index contributed by atoms with van der Waals surface area (Å²) in [6.07, 6.45) is 1.08. The predicted octanol–water partition coefficient (Wildman–Crippen LogP) is 2.63. The molecule has 7 heteroatoms. The van der Waals surface area contributed by atoms with Gasteiger partial charge in [0.05, 0.1) is 5.56 Å². The first kappa shape index (κ1) is 14.7. The summed E-state index contributed by atoms with van der Waals surface area (Å²) in [7, 11) is 1.75. The van der Waals surface area contributed by atoms with Crippen molar-refractivity contribution in [1.82, 2.24) is 9.78 Å². The molecule has 118 valence electrons. The molecule has 1 atom stereocenters. The molecule has 0 saturated carbocycles. The lowest BCUT2D eigenvalue weighted by molar-refractivity contribution is -0.115. The fourth-order valence-electron chi connectivity index (χ4n) is 3.43. The Kier molecular flexibility index (Phi) is 3.22. The maximum absolute atomic E-state index is 13.6. The second-order valence-electron chi connectivity index (χ2n) is 5.81. The molecule has 2 aliphatic rings. The number of Topliss-reactive ketones (excluding diaryl/α,β-unsaturated/α-hetero) is 1. The summed E-state index contributed by atoms with van der Waals surface area (Å²) in [4.78, 5) is 24.8. The minimum Gasteiger partial charge on any atom is -0.343 e. The van der Waals surface area contributed by atoms with Crippen LogP contribution in [0.25, 0.3) is 0 Å². The van der Waals surface area contributed by atoms with E-state index in [0.29, 0.717) is 33.4 Å². The van der Waals surface area contributed by atoms with Crippen molar-refractivity contribution in [2.75, 3.05) is 5.32 Å². The number of hydrogen-bond donors (Lipinski definition) is 2.